The van der Waals surface area contributed by atoms with Crippen molar-refractivity contribution in [2.24, 2.45) is 5.73 Å². The first-order valence-corrected chi connectivity index (χ1v) is 7.28. The van der Waals surface area contributed by atoms with Gasteiger partial charge in [0.2, 0.25) is 9.70 Å². The van der Waals surface area contributed by atoms with Crippen LogP contribution >= 0.6 is 47.0 Å². The molecule has 1 heterocycles. The van der Waals surface area contributed by atoms with Gasteiger partial charge in [0.15, 0.2) is 0 Å². The molecular weight excluding hydrogens is 345 g/mol. The number of hydrogen-bond donors (Lipinski definition) is 2. The first-order valence-electron chi connectivity index (χ1n) is 5.74. The fraction of sp³-hybridized carbons (Fsp3) is 0.545. The van der Waals surface area contributed by atoms with Crippen LogP contribution in [0.1, 0.15) is 31.0 Å². The highest BCUT2D eigenvalue weighted by molar-refractivity contribution is 7.71. The minimum absolute atomic E-state index is 0.0182. The standard InChI is InChI=1S/C11H14Cl3N3O2S/c1-5(2)8-6(3-7(15)18)16-10(19)17(9(8)20)4-11(12,13)14/h5H,3-4H2,1-2H3,(H2,15,18)(H,16,19). The Bertz CT molecular complexity index is 631. The fourth-order valence-corrected chi connectivity index (χ4v) is 2.73. The van der Waals surface area contributed by atoms with E-state index in [1.54, 1.807) is 0 Å². The Balaban J connectivity index is 3.53. The molecule has 0 fully saturated rings. The summed E-state index contributed by atoms with van der Waals surface area (Å²) in [7, 11) is 0. The van der Waals surface area contributed by atoms with Crippen LogP contribution in [-0.4, -0.2) is 19.3 Å². The predicted molar refractivity (Wildman–Crippen MR) is 83.2 cm³/mol. The molecule has 1 aromatic heterocycles. The summed E-state index contributed by atoms with van der Waals surface area (Å²) in [6.45, 7) is 3.59. The fourth-order valence-electron chi connectivity index (χ4n) is 1.86. The van der Waals surface area contributed by atoms with E-state index in [0.717, 1.165) is 0 Å². The number of nitrogens with two attached hydrogens (primary N) is 1. The van der Waals surface area contributed by atoms with Gasteiger partial charge in [0.1, 0.15) is 4.64 Å². The van der Waals surface area contributed by atoms with Crippen molar-refractivity contribution >= 4 is 52.9 Å². The maximum Gasteiger partial charge on any atom is 0.326 e. The van der Waals surface area contributed by atoms with Crippen molar-refractivity contribution in [2.75, 3.05) is 0 Å². The Kier molecular flexibility index (Phi) is 5.66. The van der Waals surface area contributed by atoms with Gasteiger partial charge in [-0.2, -0.15) is 0 Å². The SMILES string of the molecule is CC(C)c1c(CC(N)=O)[nH]c(=O)n(CC(Cl)(Cl)Cl)c1=S. The Morgan fingerprint density at radius 2 is 2.00 bits per heavy atom. The van der Waals surface area contributed by atoms with Crippen LogP contribution in [0.2, 0.25) is 0 Å². The molecule has 0 atom stereocenters. The van der Waals surface area contributed by atoms with Crippen LogP contribution in [-0.2, 0) is 17.8 Å². The zero-order valence-corrected chi connectivity index (χ0v) is 14.0. The molecule has 0 saturated heterocycles. The summed E-state index contributed by atoms with van der Waals surface area (Å²) in [5.74, 6) is -0.577. The number of aromatic amines is 1. The molecule has 0 spiro atoms. The van der Waals surface area contributed by atoms with Crippen LogP contribution in [0.5, 0.6) is 0 Å². The summed E-state index contributed by atoms with van der Waals surface area (Å²) >= 11 is 22.4. The van der Waals surface area contributed by atoms with Crippen molar-refractivity contribution in [3.8, 4) is 0 Å². The topological polar surface area (TPSA) is 80.9 Å². The van der Waals surface area contributed by atoms with Crippen LogP contribution < -0.4 is 11.4 Å². The first-order chi connectivity index (χ1) is 9.03. The molecule has 0 saturated carbocycles. The number of alkyl halides is 3. The summed E-state index contributed by atoms with van der Waals surface area (Å²) in [6.07, 6.45) is -0.0962. The molecular formula is C11H14Cl3N3O2S. The largest absolute Gasteiger partial charge is 0.369 e. The van der Waals surface area contributed by atoms with E-state index < -0.39 is 15.4 Å². The van der Waals surface area contributed by atoms with Crippen LogP contribution in [0.4, 0.5) is 0 Å². The van der Waals surface area contributed by atoms with Crippen LogP contribution in [0.15, 0.2) is 4.79 Å². The second-order valence-corrected chi connectivity index (χ2v) is 7.53. The van der Waals surface area contributed by atoms with Crippen molar-refractivity contribution in [3.05, 3.63) is 26.4 Å². The van der Waals surface area contributed by atoms with E-state index in [0.29, 0.717) is 11.3 Å². The summed E-state index contributed by atoms with van der Waals surface area (Å²) in [5, 5.41) is 0. The molecule has 112 valence electrons. The molecule has 9 heteroatoms. The quantitative estimate of drug-likeness (QED) is 0.640. The number of nitrogens with zero attached hydrogens (tertiary/aromatic N) is 1. The number of carbonyl (C=O) groups is 1. The van der Waals surface area contributed by atoms with Crippen molar-refractivity contribution in [3.63, 3.8) is 0 Å². The number of nitrogens with one attached hydrogen (secondary N) is 1. The van der Waals surface area contributed by atoms with Gasteiger partial charge in [0, 0.05) is 11.3 Å². The van der Waals surface area contributed by atoms with Gasteiger partial charge in [-0.15, -0.1) is 0 Å². The number of H-pyrrole nitrogens is 1. The van der Waals surface area contributed by atoms with Gasteiger partial charge in [-0.05, 0) is 5.92 Å². The van der Waals surface area contributed by atoms with E-state index in [4.69, 9.17) is 52.8 Å². The van der Waals surface area contributed by atoms with Crippen molar-refractivity contribution in [1.82, 2.24) is 9.55 Å². The van der Waals surface area contributed by atoms with E-state index >= 15 is 0 Å². The molecule has 1 amide bonds. The third kappa shape index (κ3) is 4.48. The summed E-state index contributed by atoms with van der Waals surface area (Å²) in [5.41, 5.74) is 5.68. The van der Waals surface area contributed by atoms with E-state index in [1.807, 2.05) is 13.8 Å². The molecule has 1 rings (SSSR count). The molecule has 0 radical (unpaired) electrons. The molecule has 0 unspecified atom stereocenters. The smallest absolute Gasteiger partial charge is 0.326 e. The maximum atomic E-state index is 12.0. The number of aromatic nitrogens is 2. The highest BCUT2D eigenvalue weighted by Gasteiger charge is 2.24. The van der Waals surface area contributed by atoms with E-state index in [2.05, 4.69) is 4.98 Å². The van der Waals surface area contributed by atoms with Gasteiger partial charge < -0.3 is 10.7 Å². The third-order valence-corrected chi connectivity index (χ3v) is 3.37. The average molecular weight is 359 g/mol. The second kappa shape index (κ2) is 6.47. The van der Waals surface area contributed by atoms with Gasteiger partial charge in [0.25, 0.3) is 0 Å². The lowest BCUT2D eigenvalue weighted by atomic mass is 10.0. The Morgan fingerprint density at radius 3 is 2.40 bits per heavy atom. The molecule has 0 bridgehead atoms. The van der Waals surface area contributed by atoms with Crippen molar-refractivity contribution in [2.45, 2.75) is 36.5 Å². The lowest BCUT2D eigenvalue weighted by molar-refractivity contribution is -0.117. The highest BCUT2D eigenvalue weighted by atomic mass is 35.6. The molecule has 3 N–H and O–H groups in total. The number of hydrogen-bond acceptors (Lipinski definition) is 3. The maximum absolute atomic E-state index is 12.0. The second-order valence-electron chi connectivity index (χ2n) is 4.63. The first kappa shape index (κ1) is 17.5. The molecule has 0 aliphatic heterocycles. The van der Waals surface area contributed by atoms with Gasteiger partial charge >= 0.3 is 5.69 Å². The average Bonchev–Trinajstić information content (AvgIpc) is 2.21. The van der Waals surface area contributed by atoms with Crippen molar-refractivity contribution in [1.29, 1.82) is 0 Å². The molecule has 1 aromatic rings. The third-order valence-electron chi connectivity index (χ3n) is 2.57. The monoisotopic (exact) mass is 357 g/mol. The minimum atomic E-state index is -1.65. The van der Waals surface area contributed by atoms with Crippen molar-refractivity contribution < 1.29 is 4.79 Å². The number of rotatable bonds is 4. The Hall–Kier alpha value is -0.560. The minimum Gasteiger partial charge on any atom is -0.369 e. The normalized spacial score (nSPS) is 11.9. The van der Waals surface area contributed by atoms with Crippen LogP contribution in [0, 0.1) is 4.64 Å². The molecule has 0 aliphatic carbocycles. The number of carbonyl (C=O) groups excluding carboxylic acids is 1. The van der Waals surface area contributed by atoms with Crippen LogP contribution in [0.25, 0.3) is 0 Å². The van der Waals surface area contributed by atoms with E-state index in [9.17, 15) is 9.59 Å². The zero-order valence-electron chi connectivity index (χ0n) is 10.9. The highest BCUT2D eigenvalue weighted by Crippen LogP contribution is 2.28. The molecule has 0 aliphatic rings. The lowest BCUT2D eigenvalue weighted by Crippen LogP contribution is -2.32. The lowest BCUT2D eigenvalue weighted by Gasteiger charge is -2.18. The van der Waals surface area contributed by atoms with Gasteiger partial charge in [0.05, 0.1) is 13.0 Å². The summed E-state index contributed by atoms with van der Waals surface area (Å²) < 4.78 is -0.237. The number of amides is 1. The summed E-state index contributed by atoms with van der Waals surface area (Å²) in [6, 6.07) is 0. The zero-order chi connectivity index (χ0) is 15.7. The Labute approximate surface area is 136 Å². The summed E-state index contributed by atoms with van der Waals surface area (Å²) in [4.78, 5) is 25.7. The van der Waals surface area contributed by atoms with Gasteiger partial charge in [-0.25, -0.2) is 4.79 Å². The number of primary amides is 1. The molecule has 5 nitrogen and oxygen atoms in total. The van der Waals surface area contributed by atoms with E-state index in [-0.39, 0.29) is 23.5 Å². The van der Waals surface area contributed by atoms with E-state index in [1.165, 1.54) is 4.57 Å². The molecule has 20 heavy (non-hydrogen) atoms. The number of halogens is 3. The predicted octanol–water partition coefficient (Wildman–Crippen LogP) is 2.43. The molecule has 0 aromatic carbocycles. The van der Waals surface area contributed by atoms with Gasteiger partial charge in [-0.1, -0.05) is 60.9 Å². The van der Waals surface area contributed by atoms with Gasteiger partial charge in [-0.3, -0.25) is 9.36 Å². The Morgan fingerprint density at radius 1 is 1.45 bits per heavy atom. The van der Waals surface area contributed by atoms with Crippen LogP contribution in [0.3, 0.4) is 0 Å².